The number of hydrogen-bond donors (Lipinski definition) is 0. The highest BCUT2D eigenvalue weighted by Crippen LogP contribution is 2.49. The normalized spacial score (nSPS) is 11.9. The van der Waals surface area contributed by atoms with Crippen molar-refractivity contribution in [1.82, 2.24) is 0 Å². The third-order valence-corrected chi connectivity index (χ3v) is 13.0. The maximum absolute atomic E-state index is 6.75. The standard InChI is InChI=1S/C60H36O/c1-3-16-39-34-41(30-28-37(39)14-1)56-44-18-5-7-20-46(44)58(47-21-8-6-19-45(47)56)43-32-33-54-53(36-43)60-52(26-13-27-55(60)61-54)59-50-24-11-9-22-48(50)57(49-23-10-12-25-51(49)59)42-31-29-38-15-2-4-17-40(38)35-42/h1-36H. The highest BCUT2D eigenvalue weighted by Gasteiger charge is 2.22. The Bertz CT molecular complexity index is 3830. The molecule has 0 radical (unpaired) electrons. The highest BCUT2D eigenvalue weighted by molar-refractivity contribution is 6.27. The SMILES string of the molecule is c1ccc2cc(-c3c4ccccc4c(-c4ccc5oc6cccc(-c7c8ccccc8c(-c8ccc9ccccc9c8)c8ccccc78)c6c5c4)c4ccccc34)ccc2c1. The topological polar surface area (TPSA) is 13.1 Å². The second-order valence-electron chi connectivity index (χ2n) is 16.3. The van der Waals surface area contributed by atoms with Gasteiger partial charge in [0.1, 0.15) is 11.2 Å². The minimum atomic E-state index is 0.883. The van der Waals surface area contributed by atoms with Crippen molar-refractivity contribution < 1.29 is 4.42 Å². The van der Waals surface area contributed by atoms with Crippen LogP contribution in [0, 0.1) is 0 Å². The second kappa shape index (κ2) is 13.3. The van der Waals surface area contributed by atoms with Crippen LogP contribution in [0.25, 0.3) is 131 Å². The summed E-state index contributed by atoms with van der Waals surface area (Å²) in [5, 5.41) is 17.1. The zero-order chi connectivity index (χ0) is 40.0. The molecule has 1 heteroatoms. The van der Waals surface area contributed by atoms with Crippen LogP contribution in [-0.2, 0) is 0 Å². The Morgan fingerprint density at radius 3 is 1.07 bits per heavy atom. The number of rotatable bonds is 4. The van der Waals surface area contributed by atoms with Crippen LogP contribution in [0.2, 0.25) is 0 Å². The van der Waals surface area contributed by atoms with E-state index >= 15 is 0 Å². The Morgan fingerprint density at radius 2 is 0.607 bits per heavy atom. The molecule has 0 unspecified atom stereocenters. The zero-order valence-electron chi connectivity index (χ0n) is 33.2. The molecule has 0 fully saturated rings. The monoisotopic (exact) mass is 772 g/mol. The highest BCUT2D eigenvalue weighted by atomic mass is 16.3. The van der Waals surface area contributed by atoms with Crippen LogP contribution in [0.5, 0.6) is 0 Å². The lowest BCUT2D eigenvalue weighted by atomic mass is 9.84. The van der Waals surface area contributed by atoms with E-state index in [1.54, 1.807) is 0 Å². The largest absolute Gasteiger partial charge is 0.456 e. The maximum atomic E-state index is 6.75. The summed E-state index contributed by atoms with van der Waals surface area (Å²) in [6.45, 7) is 0. The predicted molar refractivity (Wildman–Crippen MR) is 260 cm³/mol. The Morgan fingerprint density at radius 1 is 0.230 bits per heavy atom. The molecule has 0 saturated carbocycles. The van der Waals surface area contributed by atoms with Gasteiger partial charge in [-0.05, 0) is 139 Å². The van der Waals surface area contributed by atoms with Gasteiger partial charge in [-0.2, -0.15) is 0 Å². The molecule has 0 aliphatic carbocycles. The van der Waals surface area contributed by atoms with Gasteiger partial charge in [0.05, 0.1) is 0 Å². The van der Waals surface area contributed by atoms with Crippen molar-refractivity contribution in [3.63, 3.8) is 0 Å². The number of benzene rings is 12. The first-order chi connectivity index (χ1) is 30.3. The summed E-state index contributed by atoms with van der Waals surface area (Å²) in [4.78, 5) is 0. The smallest absolute Gasteiger partial charge is 0.136 e. The van der Waals surface area contributed by atoms with Gasteiger partial charge in [-0.1, -0.05) is 188 Å². The quantitative estimate of drug-likeness (QED) is 0.162. The second-order valence-corrected chi connectivity index (χ2v) is 16.3. The average molecular weight is 773 g/mol. The van der Waals surface area contributed by atoms with Crippen LogP contribution in [0.3, 0.4) is 0 Å². The fraction of sp³-hybridized carbons (Fsp3) is 0. The molecule has 13 aromatic rings. The fourth-order valence-electron chi connectivity index (χ4n) is 10.4. The molecule has 0 aliphatic rings. The molecule has 13 rings (SSSR count). The molecule has 0 saturated heterocycles. The molecule has 282 valence electrons. The lowest BCUT2D eigenvalue weighted by molar-refractivity contribution is 0.669. The summed E-state index contributed by atoms with van der Waals surface area (Å²) < 4.78 is 6.75. The van der Waals surface area contributed by atoms with Crippen molar-refractivity contribution in [3.05, 3.63) is 218 Å². The lowest BCUT2D eigenvalue weighted by Crippen LogP contribution is -1.92. The first-order valence-electron chi connectivity index (χ1n) is 21.1. The van der Waals surface area contributed by atoms with E-state index in [4.69, 9.17) is 4.42 Å². The van der Waals surface area contributed by atoms with E-state index in [0.29, 0.717) is 0 Å². The summed E-state index contributed by atoms with van der Waals surface area (Å²) in [6, 6.07) is 80.1. The molecule has 0 bridgehead atoms. The van der Waals surface area contributed by atoms with E-state index in [9.17, 15) is 0 Å². The van der Waals surface area contributed by atoms with Crippen molar-refractivity contribution in [2.24, 2.45) is 0 Å². The minimum absolute atomic E-state index is 0.883. The Kier molecular flexibility index (Phi) is 7.37. The van der Waals surface area contributed by atoms with E-state index < -0.39 is 0 Å². The molecular weight excluding hydrogens is 737 g/mol. The molecule has 0 atom stereocenters. The van der Waals surface area contributed by atoms with Crippen molar-refractivity contribution in [1.29, 1.82) is 0 Å². The molecule has 61 heavy (non-hydrogen) atoms. The molecular formula is C60H36O. The predicted octanol–water partition coefficient (Wildman–Crippen LogP) is 17.2. The third kappa shape index (κ3) is 5.14. The van der Waals surface area contributed by atoms with Gasteiger partial charge in [0.25, 0.3) is 0 Å². The van der Waals surface area contributed by atoms with Crippen molar-refractivity contribution in [2.45, 2.75) is 0 Å². The first kappa shape index (κ1) is 33.9. The Balaban J connectivity index is 1.08. The van der Waals surface area contributed by atoms with Crippen LogP contribution in [0.4, 0.5) is 0 Å². The van der Waals surface area contributed by atoms with E-state index in [2.05, 4.69) is 218 Å². The molecule has 0 amide bonds. The van der Waals surface area contributed by atoms with E-state index in [-0.39, 0.29) is 0 Å². The first-order valence-corrected chi connectivity index (χ1v) is 21.1. The van der Waals surface area contributed by atoms with Crippen LogP contribution in [0.15, 0.2) is 223 Å². The van der Waals surface area contributed by atoms with E-state index in [1.807, 2.05) is 0 Å². The summed E-state index contributed by atoms with van der Waals surface area (Å²) >= 11 is 0. The zero-order valence-corrected chi connectivity index (χ0v) is 33.2. The van der Waals surface area contributed by atoms with Gasteiger partial charge in [0.15, 0.2) is 0 Å². The Hall–Kier alpha value is -8.00. The summed E-state index contributed by atoms with van der Waals surface area (Å²) in [7, 11) is 0. The van der Waals surface area contributed by atoms with Crippen LogP contribution < -0.4 is 0 Å². The molecule has 0 N–H and O–H groups in total. The molecule has 0 spiro atoms. The molecule has 1 nitrogen and oxygen atoms in total. The number of fused-ring (bicyclic) bond motifs is 9. The van der Waals surface area contributed by atoms with Crippen LogP contribution >= 0.6 is 0 Å². The van der Waals surface area contributed by atoms with E-state index in [1.165, 1.54) is 109 Å². The van der Waals surface area contributed by atoms with Gasteiger partial charge in [-0.3, -0.25) is 0 Å². The average Bonchev–Trinajstić information content (AvgIpc) is 3.70. The number of furan rings is 1. The van der Waals surface area contributed by atoms with Gasteiger partial charge in [-0.25, -0.2) is 0 Å². The van der Waals surface area contributed by atoms with Gasteiger partial charge >= 0.3 is 0 Å². The van der Waals surface area contributed by atoms with Crippen molar-refractivity contribution >= 4 is 86.6 Å². The third-order valence-electron chi connectivity index (χ3n) is 13.0. The van der Waals surface area contributed by atoms with Gasteiger partial charge in [-0.15, -0.1) is 0 Å². The molecule has 1 heterocycles. The fourth-order valence-corrected chi connectivity index (χ4v) is 10.4. The molecule has 1 aromatic heterocycles. The lowest BCUT2D eigenvalue weighted by Gasteiger charge is -2.19. The van der Waals surface area contributed by atoms with Gasteiger partial charge in [0, 0.05) is 10.8 Å². The van der Waals surface area contributed by atoms with Crippen molar-refractivity contribution in [3.8, 4) is 44.5 Å². The summed E-state index contributed by atoms with van der Waals surface area (Å²) in [5.41, 5.74) is 11.6. The Labute approximate surface area is 352 Å². The van der Waals surface area contributed by atoms with Crippen LogP contribution in [-0.4, -0.2) is 0 Å². The van der Waals surface area contributed by atoms with Crippen molar-refractivity contribution in [2.75, 3.05) is 0 Å². The van der Waals surface area contributed by atoms with Gasteiger partial charge in [0.2, 0.25) is 0 Å². The molecule has 0 aliphatic heterocycles. The maximum Gasteiger partial charge on any atom is 0.136 e. The minimum Gasteiger partial charge on any atom is -0.456 e. The summed E-state index contributed by atoms with van der Waals surface area (Å²) in [6.07, 6.45) is 0. The van der Waals surface area contributed by atoms with Gasteiger partial charge < -0.3 is 4.42 Å². The molecule has 12 aromatic carbocycles. The van der Waals surface area contributed by atoms with E-state index in [0.717, 1.165) is 21.9 Å². The summed E-state index contributed by atoms with van der Waals surface area (Å²) in [5.74, 6) is 0. The number of hydrogen-bond acceptors (Lipinski definition) is 1. The van der Waals surface area contributed by atoms with Crippen LogP contribution in [0.1, 0.15) is 0 Å².